The fourth-order valence-electron chi connectivity index (χ4n) is 2.67. The topological polar surface area (TPSA) is 53.8 Å². The van der Waals surface area contributed by atoms with Crippen LogP contribution in [0.3, 0.4) is 0 Å². The average molecular weight is 285 g/mol. The molecule has 2 rings (SSSR count). The standard InChI is InChI=1S/C13H20NO4P/c1-11(2)13-10-14(15)18-19(13,16-3,17-4)12-8-6-5-7-9-12/h5-11,13H,1-4H3. The van der Waals surface area contributed by atoms with Crippen LogP contribution >= 0.6 is 7.28 Å². The minimum absolute atomic E-state index is 0.150. The van der Waals surface area contributed by atoms with Crippen molar-refractivity contribution >= 4 is 18.8 Å². The number of hydrogen-bond donors (Lipinski definition) is 0. The summed E-state index contributed by atoms with van der Waals surface area (Å²) >= 11 is 0. The second kappa shape index (κ2) is 4.75. The van der Waals surface area contributed by atoms with E-state index < -0.39 is 7.28 Å². The molecule has 1 heterocycles. The summed E-state index contributed by atoms with van der Waals surface area (Å²) in [6, 6.07) is 9.44. The van der Waals surface area contributed by atoms with E-state index in [2.05, 4.69) is 0 Å². The Balaban J connectivity index is 2.68. The number of hydrogen-bond acceptors (Lipinski definition) is 4. The summed E-state index contributed by atoms with van der Waals surface area (Å²) in [6.45, 7) is 4.04. The molecule has 5 nitrogen and oxygen atoms in total. The van der Waals surface area contributed by atoms with Crippen molar-refractivity contribution in [3.63, 3.8) is 0 Å². The van der Waals surface area contributed by atoms with Crippen molar-refractivity contribution in [1.82, 2.24) is 0 Å². The molecule has 1 aromatic carbocycles. The maximum absolute atomic E-state index is 11.8. The molecule has 0 aliphatic carbocycles. The second-order valence-corrected chi connectivity index (χ2v) is 8.79. The summed E-state index contributed by atoms with van der Waals surface area (Å²) in [5, 5.41) is 12.6. The minimum atomic E-state index is -3.70. The van der Waals surface area contributed by atoms with E-state index in [0.29, 0.717) is 4.90 Å². The maximum atomic E-state index is 11.8. The van der Waals surface area contributed by atoms with Gasteiger partial charge in [-0.1, -0.05) is 0 Å². The quantitative estimate of drug-likeness (QED) is 0.630. The molecule has 19 heavy (non-hydrogen) atoms. The Kier molecular flexibility index (Phi) is 3.56. The first-order chi connectivity index (χ1) is 8.99. The molecule has 0 saturated carbocycles. The van der Waals surface area contributed by atoms with Gasteiger partial charge in [-0.25, -0.2) is 0 Å². The van der Waals surface area contributed by atoms with Crippen molar-refractivity contribution in [3.8, 4) is 0 Å². The van der Waals surface area contributed by atoms with Crippen molar-refractivity contribution in [3.05, 3.63) is 35.5 Å². The Morgan fingerprint density at radius 1 is 1.21 bits per heavy atom. The van der Waals surface area contributed by atoms with E-state index in [1.54, 1.807) is 0 Å². The summed E-state index contributed by atoms with van der Waals surface area (Å²) in [4.78, 5) is 0.475. The molecule has 0 spiro atoms. The van der Waals surface area contributed by atoms with Crippen LogP contribution in [0.5, 0.6) is 0 Å². The van der Waals surface area contributed by atoms with E-state index in [4.69, 9.17) is 13.7 Å². The molecular formula is C13H20NO4P. The van der Waals surface area contributed by atoms with E-state index in [1.165, 1.54) is 20.4 Å². The molecule has 0 fully saturated rings. The van der Waals surface area contributed by atoms with Crippen molar-refractivity contribution in [2.45, 2.75) is 19.5 Å². The van der Waals surface area contributed by atoms with Crippen LogP contribution in [-0.4, -0.2) is 31.0 Å². The monoisotopic (exact) mass is 285 g/mol. The molecule has 1 aromatic rings. The predicted octanol–water partition coefficient (Wildman–Crippen LogP) is 2.45. The van der Waals surface area contributed by atoms with Gasteiger partial charge < -0.3 is 0 Å². The molecule has 0 radical (unpaired) electrons. The van der Waals surface area contributed by atoms with Gasteiger partial charge in [-0.3, -0.25) is 0 Å². The Hall–Kier alpha value is -1.16. The Labute approximate surface area is 113 Å². The number of rotatable bonds is 4. The predicted molar refractivity (Wildman–Crippen MR) is 76.4 cm³/mol. The Bertz CT molecular complexity index is 485. The molecular weight excluding hydrogens is 265 g/mol. The first-order valence-electron chi connectivity index (χ1n) is 6.20. The van der Waals surface area contributed by atoms with Gasteiger partial charge in [-0.2, -0.15) is 0 Å². The third-order valence-corrected chi connectivity index (χ3v) is 8.46. The zero-order valence-electron chi connectivity index (χ0n) is 11.6. The summed E-state index contributed by atoms with van der Waals surface area (Å²) in [7, 11) is -0.619. The normalized spacial score (nSPS) is 26.3. The van der Waals surface area contributed by atoms with Gasteiger partial charge in [0.2, 0.25) is 0 Å². The molecule has 0 amide bonds. The van der Waals surface area contributed by atoms with Crippen LogP contribution in [0.25, 0.3) is 0 Å². The van der Waals surface area contributed by atoms with Crippen LogP contribution in [0.2, 0.25) is 0 Å². The Morgan fingerprint density at radius 3 is 2.26 bits per heavy atom. The molecule has 0 N–H and O–H groups in total. The molecule has 1 aliphatic heterocycles. The third-order valence-electron chi connectivity index (χ3n) is 3.62. The fraction of sp³-hybridized carbons (Fsp3) is 0.462. The summed E-state index contributed by atoms with van der Waals surface area (Å²) in [5.41, 5.74) is -0.235. The van der Waals surface area contributed by atoms with Crippen molar-refractivity contribution in [2.75, 3.05) is 14.2 Å². The van der Waals surface area contributed by atoms with Crippen LogP contribution in [0.15, 0.2) is 30.3 Å². The van der Waals surface area contributed by atoms with Gasteiger partial charge in [-0.05, 0) is 0 Å². The van der Waals surface area contributed by atoms with Crippen LogP contribution in [0, 0.1) is 11.1 Å². The molecule has 0 saturated heterocycles. The van der Waals surface area contributed by atoms with Crippen LogP contribution in [0.4, 0.5) is 0 Å². The van der Waals surface area contributed by atoms with E-state index in [9.17, 15) is 5.21 Å². The van der Waals surface area contributed by atoms with Crippen LogP contribution in [0.1, 0.15) is 13.8 Å². The molecule has 106 valence electrons. The molecule has 1 unspecified atom stereocenters. The van der Waals surface area contributed by atoms with Gasteiger partial charge in [0.15, 0.2) is 0 Å². The summed E-state index contributed by atoms with van der Waals surface area (Å²) < 4.78 is 17.2. The molecule has 1 atom stereocenters. The molecule has 6 heteroatoms. The third kappa shape index (κ3) is 1.84. The van der Waals surface area contributed by atoms with Gasteiger partial charge >= 0.3 is 113 Å². The summed E-state index contributed by atoms with van der Waals surface area (Å²) in [5.74, 6) is 0.150. The van der Waals surface area contributed by atoms with Gasteiger partial charge in [0.25, 0.3) is 0 Å². The van der Waals surface area contributed by atoms with Gasteiger partial charge in [-0.15, -0.1) is 0 Å². The van der Waals surface area contributed by atoms with Gasteiger partial charge in [0.1, 0.15) is 0 Å². The SMILES string of the molecule is COP1(OC)(c2ccccc2)O[N+]([O-])=CC1C(C)C. The van der Waals surface area contributed by atoms with E-state index in [0.717, 1.165) is 5.30 Å². The van der Waals surface area contributed by atoms with Crippen molar-refractivity contribution in [1.29, 1.82) is 0 Å². The van der Waals surface area contributed by atoms with E-state index in [-0.39, 0.29) is 11.6 Å². The van der Waals surface area contributed by atoms with Crippen molar-refractivity contribution in [2.24, 2.45) is 5.92 Å². The molecule has 0 bridgehead atoms. The van der Waals surface area contributed by atoms with E-state index >= 15 is 0 Å². The molecule has 0 aromatic heterocycles. The molecule has 1 aliphatic rings. The number of nitrogens with zero attached hydrogens (tertiary/aromatic N) is 1. The zero-order valence-corrected chi connectivity index (χ0v) is 12.5. The average Bonchev–Trinajstić information content (AvgIpc) is 2.76. The van der Waals surface area contributed by atoms with Gasteiger partial charge in [0.05, 0.1) is 0 Å². The van der Waals surface area contributed by atoms with Crippen molar-refractivity contribution < 1.29 is 18.6 Å². The Morgan fingerprint density at radius 2 is 1.79 bits per heavy atom. The summed E-state index contributed by atoms with van der Waals surface area (Å²) in [6.07, 6.45) is 1.50. The van der Waals surface area contributed by atoms with Crippen LogP contribution in [-0.2, 0) is 13.7 Å². The number of benzene rings is 1. The van der Waals surface area contributed by atoms with Gasteiger partial charge in [0, 0.05) is 0 Å². The van der Waals surface area contributed by atoms with Crippen LogP contribution < -0.4 is 5.30 Å². The first-order valence-corrected chi connectivity index (χ1v) is 8.26. The zero-order chi connectivity index (χ0) is 14.1. The fourth-order valence-corrected chi connectivity index (χ4v) is 6.85. The second-order valence-electron chi connectivity index (χ2n) is 4.89. The van der Waals surface area contributed by atoms with E-state index in [1.807, 2.05) is 44.2 Å². The first kappa shape index (κ1) is 14.3.